The first-order valence-electron chi connectivity index (χ1n) is 12.5. The van der Waals surface area contributed by atoms with Crippen molar-refractivity contribution in [3.05, 3.63) is 48.0 Å². The number of anilines is 1. The van der Waals surface area contributed by atoms with Gasteiger partial charge in [-0.2, -0.15) is 0 Å². The molecular formula is C26H37N7O4. The van der Waals surface area contributed by atoms with E-state index < -0.39 is 24.5 Å². The largest absolute Gasteiger partial charge is 0.387 e. The van der Waals surface area contributed by atoms with Gasteiger partial charge in [-0.1, -0.05) is 45.0 Å². The second-order valence-corrected chi connectivity index (χ2v) is 10.7. The zero-order valence-electron chi connectivity index (χ0n) is 21.8. The Balaban J connectivity index is 1.21. The highest BCUT2D eigenvalue weighted by molar-refractivity contribution is 5.81. The molecule has 1 amide bonds. The van der Waals surface area contributed by atoms with Crippen LogP contribution in [0.1, 0.15) is 44.5 Å². The Morgan fingerprint density at radius 2 is 1.89 bits per heavy atom. The number of aromatic nitrogens is 4. The highest BCUT2D eigenvalue weighted by Gasteiger charge is 2.44. The summed E-state index contributed by atoms with van der Waals surface area (Å²) in [7, 11) is 1.91. The highest BCUT2D eigenvalue weighted by atomic mass is 16.6. The summed E-state index contributed by atoms with van der Waals surface area (Å²) < 4.78 is 7.56. The first-order valence-corrected chi connectivity index (χ1v) is 12.5. The normalized spacial score (nSPS) is 22.1. The molecular weight excluding hydrogens is 474 g/mol. The number of fused-ring (bicyclic) bond motifs is 1. The lowest BCUT2D eigenvalue weighted by molar-refractivity contribution is -0.120. The summed E-state index contributed by atoms with van der Waals surface area (Å²) >= 11 is 0. The van der Waals surface area contributed by atoms with Gasteiger partial charge in [0.2, 0.25) is 5.91 Å². The zero-order valence-corrected chi connectivity index (χ0v) is 21.8. The van der Waals surface area contributed by atoms with E-state index >= 15 is 0 Å². The minimum absolute atomic E-state index is 0.0105. The van der Waals surface area contributed by atoms with Gasteiger partial charge in [0.05, 0.1) is 12.7 Å². The molecule has 37 heavy (non-hydrogen) atoms. The number of aliphatic hydroxyl groups excluding tert-OH is 2. The average molecular weight is 512 g/mol. The van der Waals surface area contributed by atoms with Gasteiger partial charge in [-0.25, -0.2) is 15.0 Å². The Kier molecular flexibility index (Phi) is 8.08. The van der Waals surface area contributed by atoms with Crippen LogP contribution in [0.3, 0.4) is 0 Å². The number of benzene rings is 1. The number of hydrogen-bond acceptors (Lipinski definition) is 9. The number of ether oxygens (including phenoxy) is 1. The molecule has 2 aromatic heterocycles. The van der Waals surface area contributed by atoms with Crippen molar-refractivity contribution in [3.63, 3.8) is 0 Å². The van der Waals surface area contributed by atoms with Crippen LogP contribution in [0, 0.1) is 0 Å². The summed E-state index contributed by atoms with van der Waals surface area (Å²) in [6.45, 7) is 8.14. The number of imidazole rings is 1. The SMILES string of the molecule is CN(CCCNC(=O)Cc1ccc(C(C)(C)C)cc1)C[C@H]1OC(n2cnc3c(N)ncnc32)[C@H](O)[C@@H]1O. The van der Waals surface area contributed by atoms with E-state index in [2.05, 4.69) is 53.2 Å². The minimum Gasteiger partial charge on any atom is -0.387 e. The van der Waals surface area contributed by atoms with E-state index in [9.17, 15) is 15.0 Å². The molecule has 200 valence electrons. The molecule has 0 saturated carbocycles. The number of hydrogen-bond donors (Lipinski definition) is 4. The third-order valence-electron chi connectivity index (χ3n) is 6.71. The summed E-state index contributed by atoms with van der Waals surface area (Å²) in [6, 6.07) is 8.18. The van der Waals surface area contributed by atoms with Gasteiger partial charge < -0.3 is 30.9 Å². The smallest absolute Gasteiger partial charge is 0.224 e. The third kappa shape index (κ3) is 6.24. The zero-order chi connectivity index (χ0) is 26.7. The van der Waals surface area contributed by atoms with Gasteiger partial charge in [-0.3, -0.25) is 9.36 Å². The standard InChI is InChI=1S/C26H37N7O4/c1-26(2,3)17-8-6-16(7-9-17)12-19(34)28-10-5-11-32(4)13-18-21(35)22(36)25(37-18)33-15-31-20-23(27)29-14-30-24(20)33/h6-9,14-15,18,21-22,25,35-36H,5,10-13H2,1-4H3,(H,28,34)(H2,27,29,30)/t18-,21-,22-,25?/m1/s1. The molecule has 0 bridgehead atoms. The number of amides is 1. The fourth-order valence-corrected chi connectivity index (χ4v) is 4.51. The maximum Gasteiger partial charge on any atom is 0.224 e. The average Bonchev–Trinajstić information content (AvgIpc) is 3.39. The van der Waals surface area contributed by atoms with Crippen LogP contribution in [-0.4, -0.2) is 85.5 Å². The van der Waals surface area contributed by atoms with Crippen LogP contribution >= 0.6 is 0 Å². The summed E-state index contributed by atoms with van der Waals surface area (Å²) in [5, 5.41) is 24.2. The molecule has 11 heteroatoms. The van der Waals surface area contributed by atoms with Crippen LogP contribution in [0.4, 0.5) is 5.82 Å². The van der Waals surface area contributed by atoms with Crippen molar-refractivity contribution in [2.45, 2.75) is 63.6 Å². The number of carbonyl (C=O) groups is 1. The molecule has 0 spiro atoms. The molecule has 1 aromatic carbocycles. The molecule has 1 fully saturated rings. The van der Waals surface area contributed by atoms with E-state index in [-0.39, 0.29) is 17.1 Å². The molecule has 4 rings (SSSR count). The van der Waals surface area contributed by atoms with Gasteiger partial charge >= 0.3 is 0 Å². The van der Waals surface area contributed by atoms with Crippen LogP contribution < -0.4 is 11.1 Å². The van der Waals surface area contributed by atoms with E-state index in [4.69, 9.17) is 10.5 Å². The van der Waals surface area contributed by atoms with Crippen molar-refractivity contribution in [3.8, 4) is 0 Å². The van der Waals surface area contributed by atoms with E-state index in [0.29, 0.717) is 37.2 Å². The van der Waals surface area contributed by atoms with Crippen LogP contribution in [0.2, 0.25) is 0 Å². The minimum atomic E-state index is -1.15. The predicted octanol–water partition coefficient (Wildman–Crippen LogP) is 1.01. The molecule has 3 aromatic rings. The Hall–Kier alpha value is -3.12. The molecule has 0 aliphatic carbocycles. The number of nitrogens with one attached hydrogen (secondary N) is 1. The molecule has 3 heterocycles. The summed E-state index contributed by atoms with van der Waals surface area (Å²) in [4.78, 5) is 26.7. The van der Waals surface area contributed by atoms with Gasteiger partial charge in [-0.15, -0.1) is 0 Å². The number of nitrogens with zero attached hydrogens (tertiary/aromatic N) is 5. The maximum absolute atomic E-state index is 12.3. The lowest BCUT2D eigenvalue weighted by atomic mass is 9.86. The quantitative estimate of drug-likeness (QED) is 0.308. The van der Waals surface area contributed by atoms with Gasteiger partial charge in [0.25, 0.3) is 0 Å². The van der Waals surface area contributed by atoms with Crippen molar-refractivity contribution in [1.29, 1.82) is 0 Å². The molecule has 1 aliphatic heterocycles. The fourth-order valence-electron chi connectivity index (χ4n) is 4.51. The van der Waals surface area contributed by atoms with Gasteiger partial charge in [0.15, 0.2) is 17.7 Å². The van der Waals surface area contributed by atoms with Crippen LogP contribution in [0.25, 0.3) is 11.2 Å². The Morgan fingerprint density at radius 3 is 2.59 bits per heavy atom. The molecule has 1 saturated heterocycles. The van der Waals surface area contributed by atoms with Gasteiger partial charge in [0, 0.05) is 13.1 Å². The third-order valence-corrected chi connectivity index (χ3v) is 6.71. The van der Waals surface area contributed by atoms with E-state index in [0.717, 1.165) is 12.0 Å². The molecule has 4 atom stereocenters. The van der Waals surface area contributed by atoms with Crippen molar-refractivity contribution < 1.29 is 19.7 Å². The Bertz CT molecular complexity index is 1210. The molecule has 5 N–H and O–H groups in total. The first kappa shape index (κ1) is 26.9. The number of nitrogen functional groups attached to an aromatic ring is 1. The summed E-state index contributed by atoms with van der Waals surface area (Å²) in [5.41, 5.74) is 9.01. The summed E-state index contributed by atoms with van der Waals surface area (Å²) in [5.74, 6) is 0.224. The Labute approximate surface area is 216 Å². The maximum atomic E-state index is 12.3. The number of nitrogens with two attached hydrogens (primary N) is 1. The summed E-state index contributed by atoms with van der Waals surface area (Å²) in [6.07, 6.45) is 0.211. The Morgan fingerprint density at radius 1 is 1.16 bits per heavy atom. The number of likely N-dealkylation sites (N-methyl/N-ethyl adjacent to an activating group) is 1. The first-order chi connectivity index (χ1) is 17.5. The van der Waals surface area contributed by atoms with E-state index in [1.807, 2.05) is 24.1 Å². The molecule has 1 unspecified atom stereocenters. The van der Waals surface area contributed by atoms with Crippen molar-refractivity contribution in [2.24, 2.45) is 0 Å². The molecule has 1 aliphatic rings. The van der Waals surface area contributed by atoms with Crippen LogP contribution in [0.15, 0.2) is 36.9 Å². The van der Waals surface area contributed by atoms with Gasteiger partial charge in [0.1, 0.15) is 30.2 Å². The molecule has 11 nitrogen and oxygen atoms in total. The highest BCUT2D eigenvalue weighted by Crippen LogP contribution is 2.32. The molecule has 0 radical (unpaired) electrons. The second-order valence-electron chi connectivity index (χ2n) is 10.7. The van der Waals surface area contributed by atoms with Crippen LogP contribution in [0.5, 0.6) is 0 Å². The lowest BCUT2D eigenvalue weighted by Crippen LogP contribution is -2.39. The van der Waals surface area contributed by atoms with Crippen LogP contribution in [-0.2, 0) is 21.4 Å². The van der Waals surface area contributed by atoms with Crippen molar-refractivity contribution in [2.75, 3.05) is 32.4 Å². The van der Waals surface area contributed by atoms with Crippen molar-refractivity contribution >= 4 is 22.9 Å². The lowest BCUT2D eigenvalue weighted by Gasteiger charge is -2.22. The number of carbonyl (C=O) groups excluding carboxylic acids is 1. The van der Waals surface area contributed by atoms with E-state index in [1.54, 1.807) is 4.57 Å². The van der Waals surface area contributed by atoms with Crippen molar-refractivity contribution in [1.82, 2.24) is 29.7 Å². The predicted molar refractivity (Wildman–Crippen MR) is 140 cm³/mol. The number of rotatable bonds is 9. The second kappa shape index (κ2) is 11.1. The fraction of sp³-hybridized carbons (Fsp3) is 0.538. The number of aliphatic hydroxyl groups is 2. The van der Waals surface area contributed by atoms with Gasteiger partial charge in [-0.05, 0) is 36.6 Å². The van der Waals surface area contributed by atoms with E-state index in [1.165, 1.54) is 18.2 Å². The topological polar surface area (TPSA) is 152 Å². The monoisotopic (exact) mass is 511 g/mol.